The minimum Gasteiger partial charge on any atom is -0.341 e. The molecule has 1 heterocycles. The van der Waals surface area contributed by atoms with Crippen LogP contribution in [0.25, 0.3) is 0 Å². The fourth-order valence-electron chi connectivity index (χ4n) is 3.89. The fourth-order valence-corrected chi connectivity index (χ4v) is 5.56. The van der Waals surface area contributed by atoms with E-state index in [1.807, 2.05) is 11.9 Å². The summed E-state index contributed by atoms with van der Waals surface area (Å²) in [6.07, 6.45) is 6.94. The van der Waals surface area contributed by atoms with Crippen LogP contribution in [-0.4, -0.2) is 49.2 Å². The van der Waals surface area contributed by atoms with Gasteiger partial charge in [0.2, 0.25) is 15.9 Å². The van der Waals surface area contributed by atoms with Gasteiger partial charge in [-0.05, 0) is 37.8 Å². The highest BCUT2D eigenvalue weighted by Gasteiger charge is 2.41. The van der Waals surface area contributed by atoms with Gasteiger partial charge < -0.3 is 4.90 Å². The molecule has 0 radical (unpaired) electrons. The summed E-state index contributed by atoms with van der Waals surface area (Å²) >= 11 is 0. The lowest BCUT2D eigenvalue weighted by molar-refractivity contribution is -0.136. The normalized spacial score (nSPS) is 23.3. The summed E-state index contributed by atoms with van der Waals surface area (Å²) in [4.78, 5) is 15.0. The SMILES string of the molecule is CN(C(=O)C1CCCN1S(=O)(=O)c1ccccc1)C1CCCCC1. The second-order valence-electron chi connectivity index (χ2n) is 6.83. The summed E-state index contributed by atoms with van der Waals surface area (Å²) in [7, 11) is -1.77. The van der Waals surface area contributed by atoms with E-state index in [-0.39, 0.29) is 16.8 Å². The zero-order valence-electron chi connectivity index (χ0n) is 14.2. The molecule has 1 aliphatic heterocycles. The number of hydrogen-bond donors (Lipinski definition) is 0. The number of hydrogen-bond acceptors (Lipinski definition) is 3. The third-order valence-electron chi connectivity index (χ3n) is 5.31. The zero-order chi connectivity index (χ0) is 17.2. The van der Waals surface area contributed by atoms with Crippen LogP contribution in [0.2, 0.25) is 0 Å². The Morgan fingerprint density at radius 1 is 1.04 bits per heavy atom. The van der Waals surface area contributed by atoms with Gasteiger partial charge in [0.1, 0.15) is 6.04 Å². The maximum atomic E-state index is 13.0. The number of carbonyl (C=O) groups excluding carboxylic acids is 1. The molecule has 3 rings (SSSR count). The minimum atomic E-state index is -3.61. The standard InChI is InChI=1S/C18H26N2O3S/c1-19(15-9-4-2-5-10-15)18(21)17-13-8-14-20(17)24(22,23)16-11-6-3-7-12-16/h3,6-7,11-12,15,17H,2,4-5,8-10,13-14H2,1H3. The van der Waals surface area contributed by atoms with E-state index in [2.05, 4.69) is 0 Å². The van der Waals surface area contributed by atoms with Crippen LogP contribution in [0.4, 0.5) is 0 Å². The lowest BCUT2D eigenvalue weighted by Gasteiger charge is -2.34. The molecular weight excluding hydrogens is 324 g/mol. The maximum Gasteiger partial charge on any atom is 0.243 e. The molecule has 2 aliphatic rings. The second kappa shape index (κ2) is 7.23. The van der Waals surface area contributed by atoms with E-state index in [1.54, 1.807) is 30.3 Å². The molecule has 0 aromatic heterocycles. The molecule has 1 unspecified atom stereocenters. The molecule has 1 atom stereocenters. The van der Waals surface area contributed by atoms with Gasteiger partial charge in [0, 0.05) is 19.6 Å². The largest absolute Gasteiger partial charge is 0.341 e. The zero-order valence-corrected chi connectivity index (χ0v) is 15.0. The molecule has 24 heavy (non-hydrogen) atoms. The van der Waals surface area contributed by atoms with Gasteiger partial charge in [0.05, 0.1) is 4.90 Å². The number of benzene rings is 1. The van der Waals surface area contributed by atoms with Gasteiger partial charge in [-0.3, -0.25) is 4.79 Å². The summed E-state index contributed by atoms with van der Waals surface area (Å²) < 4.78 is 27.2. The lowest BCUT2D eigenvalue weighted by atomic mass is 9.94. The Morgan fingerprint density at radius 3 is 2.38 bits per heavy atom. The Bertz CT molecular complexity index is 669. The summed E-state index contributed by atoms with van der Waals surface area (Å²) in [6.45, 7) is 0.423. The first-order chi connectivity index (χ1) is 11.5. The van der Waals surface area contributed by atoms with E-state index in [4.69, 9.17) is 0 Å². The van der Waals surface area contributed by atoms with Crippen molar-refractivity contribution in [3.8, 4) is 0 Å². The first-order valence-electron chi connectivity index (χ1n) is 8.85. The number of sulfonamides is 1. The molecule has 1 saturated heterocycles. The smallest absolute Gasteiger partial charge is 0.243 e. The third-order valence-corrected chi connectivity index (χ3v) is 7.23. The van der Waals surface area contributed by atoms with Crippen LogP contribution >= 0.6 is 0 Å². The van der Waals surface area contributed by atoms with Crippen molar-refractivity contribution in [2.45, 2.75) is 61.9 Å². The molecule has 0 N–H and O–H groups in total. The molecule has 132 valence electrons. The highest BCUT2D eigenvalue weighted by Crippen LogP contribution is 2.29. The molecule has 6 heteroatoms. The van der Waals surface area contributed by atoms with Crippen molar-refractivity contribution in [3.63, 3.8) is 0 Å². The van der Waals surface area contributed by atoms with Crippen molar-refractivity contribution in [3.05, 3.63) is 30.3 Å². The number of amides is 1. The van der Waals surface area contributed by atoms with Gasteiger partial charge in [-0.15, -0.1) is 0 Å². The maximum absolute atomic E-state index is 13.0. The van der Waals surface area contributed by atoms with Crippen molar-refractivity contribution in [1.29, 1.82) is 0 Å². The monoisotopic (exact) mass is 350 g/mol. The van der Waals surface area contributed by atoms with Gasteiger partial charge >= 0.3 is 0 Å². The van der Waals surface area contributed by atoms with Crippen molar-refractivity contribution in [1.82, 2.24) is 9.21 Å². The van der Waals surface area contributed by atoms with Crippen LogP contribution in [0.1, 0.15) is 44.9 Å². The fraction of sp³-hybridized carbons (Fsp3) is 0.611. The number of carbonyl (C=O) groups is 1. The van der Waals surface area contributed by atoms with Crippen LogP contribution in [-0.2, 0) is 14.8 Å². The van der Waals surface area contributed by atoms with Crippen LogP contribution in [0.3, 0.4) is 0 Å². The van der Waals surface area contributed by atoms with Crippen molar-refractivity contribution in [2.75, 3.05) is 13.6 Å². The molecular formula is C18H26N2O3S. The quantitative estimate of drug-likeness (QED) is 0.839. The van der Waals surface area contributed by atoms with E-state index in [1.165, 1.54) is 10.7 Å². The van der Waals surface area contributed by atoms with Gasteiger partial charge in [-0.1, -0.05) is 37.5 Å². The first-order valence-corrected chi connectivity index (χ1v) is 10.3. The summed E-state index contributed by atoms with van der Waals surface area (Å²) in [5.74, 6) is -0.0427. The van der Waals surface area contributed by atoms with E-state index in [9.17, 15) is 13.2 Å². The predicted molar refractivity (Wildman–Crippen MR) is 93.0 cm³/mol. The van der Waals surface area contributed by atoms with Gasteiger partial charge in [-0.2, -0.15) is 4.31 Å². The average Bonchev–Trinajstić information content (AvgIpc) is 3.12. The Balaban J connectivity index is 1.78. The third kappa shape index (κ3) is 3.35. The number of nitrogens with zero attached hydrogens (tertiary/aromatic N) is 2. The molecule has 2 fully saturated rings. The number of likely N-dealkylation sites (N-methyl/N-ethyl adjacent to an activating group) is 1. The van der Waals surface area contributed by atoms with Gasteiger partial charge in [0.25, 0.3) is 0 Å². The Hall–Kier alpha value is -1.40. The molecule has 1 aromatic carbocycles. The Labute approximate surface area is 144 Å². The molecule has 0 bridgehead atoms. The molecule has 0 spiro atoms. The molecule has 1 saturated carbocycles. The van der Waals surface area contributed by atoms with Crippen molar-refractivity contribution >= 4 is 15.9 Å². The average molecular weight is 350 g/mol. The Morgan fingerprint density at radius 2 is 1.71 bits per heavy atom. The van der Waals surface area contributed by atoms with E-state index in [0.717, 1.165) is 32.1 Å². The van der Waals surface area contributed by atoms with Crippen molar-refractivity contribution < 1.29 is 13.2 Å². The highest BCUT2D eigenvalue weighted by atomic mass is 32.2. The van der Waals surface area contributed by atoms with E-state index in [0.29, 0.717) is 13.0 Å². The van der Waals surface area contributed by atoms with Crippen LogP contribution < -0.4 is 0 Å². The second-order valence-corrected chi connectivity index (χ2v) is 8.72. The summed E-state index contributed by atoms with van der Waals surface area (Å²) in [5.41, 5.74) is 0. The molecule has 1 aromatic rings. The number of rotatable bonds is 4. The highest BCUT2D eigenvalue weighted by molar-refractivity contribution is 7.89. The molecule has 1 amide bonds. The van der Waals surface area contributed by atoms with Crippen LogP contribution in [0.15, 0.2) is 35.2 Å². The molecule has 5 nitrogen and oxygen atoms in total. The van der Waals surface area contributed by atoms with E-state index < -0.39 is 16.1 Å². The minimum absolute atomic E-state index is 0.0427. The predicted octanol–water partition coefficient (Wildman–Crippen LogP) is 2.63. The Kier molecular flexibility index (Phi) is 5.25. The van der Waals surface area contributed by atoms with Crippen LogP contribution in [0.5, 0.6) is 0 Å². The molecule has 1 aliphatic carbocycles. The van der Waals surface area contributed by atoms with Gasteiger partial charge in [0.15, 0.2) is 0 Å². The van der Waals surface area contributed by atoms with Crippen LogP contribution in [0, 0.1) is 0 Å². The topological polar surface area (TPSA) is 57.7 Å². The van der Waals surface area contributed by atoms with Gasteiger partial charge in [-0.25, -0.2) is 8.42 Å². The first kappa shape index (κ1) is 17.4. The lowest BCUT2D eigenvalue weighted by Crippen LogP contribution is -2.49. The summed E-state index contributed by atoms with van der Waals surface area (Å²) in [6, 6.07) is 8.13. The summed E-state index contributed by atoms with van der Waals surface area (Å²) in [5, 5.41) is 0. The van der Waals surface area contributed by atoms with E-state index >= 15 is 0 Å². The van der Waals surface area contributed by atoms with Crippen molar-refractivity contribution in [2.24, 2.45) is 0 Å².